The Balaban J connectivity index is 0.00000400. The summed E-state index contributed by atoms with van der Waals surface area (Å²) in [7, 11) is -3.19. The first-order valence-corrected chi connectivity index (χ1v) is 9.35. The Morgan fingerprint density at radius 1 is 0.857 bits per heavy atom. The molecule has 0 aromatic heterocycles. The van der Waals surface area contributed by atoms with Crippen LogP contribution in [0.4, 0.5) is 0 Å². The number of hydrogen-bond acceptors (Lipinski definition) is 2. The van der Waals surface area contributed by atoms with Gasteiger partial charge in [0.05, 0.1) is 9.84 Å². The Labute approximate surface area is 142 Å². The minimum absolute atomic E-state index is 0. The second kappa shape index (κ2) is 12.3. The molecule has 0 radical (unpaired) electrons. The summed E-state index contributed by atoms with van der Waals surface area (Å²) in [4.78, 5) is 0.402. The summed E-state index contributed by atoms with van der Waals surface area (Å²) in [5, 5.41) is 0. The first kappa shape index (κ1) is 20.8. The Bertz CT molecular complexity index is 443. The molecule has 114 valence electrons. The fourth-order valence-electron chi connectivity index (χ4n) is 2.22. The van der Waals surface area contributed by atoms with Crippen molar-refractivity contribution in [3.63, 3.8) is 0 Å². The van der Waals surface area contributed by atoms with Crippen LogP contribution < -0.4 is 18.9 Å². The van der Waals surface area contributed by atoms with E-state index < -0.39 is 9.84 Å². The van der Waals surface area contributed by atoms with Gasteiger partial charge >= 0.3 is 18.9 Å². The number of unbranched alkanes of at least 4 members (excludes halogenated alkanes) is 8. The molecule has 0 unspecified atom stereocenters. The van der Waals surface area contributed by atoms with Gasteiger partial charge in [-0.1, -0.05) is 76.5 Å². The van der Waals surface area contributed by atoms with Crippen molar-refractivity contribution < 1.29 is 27.3 Å². The average molecular weight is 302 g/mol. The topological polar surface area (TPSA) is 34.1 Å². The van der Waals surface area contributed by atoms with Gasteiger partial charge in [-0.15, -0.1) is 0 Å². The Morgan fingerprint density at radius 2 is 1.38 bits per heavy atom. The van der Waals surface area contributed by atoms with E-state index in [-0.39, 0.29) is 18.9 Å². The van der Waals surface area contributed by atoms with Gasteiger partial charge in [0.1, 0.15) is 0 Å². The summed E-state index contributed by atoms with van der Waals surface area (Å²) >= 11 is 0. The van der Waals surface area contributed by atoms with Crippen molar-refractivity contribution in [1.29, 1.82) is 0 Å². The minimum Gasteiger partial charge on any atom is -0.257 e. The molecule has 0 aliphatic heterocycles. The molecule has 2 nitrogen and oxygen atoms in total. The van der Waals surface area contributed by atoms with Crippen molar-refractivity contribution in [2.45, 2.75) is 69.6 Å². The largest absolute Gasteiger partial charge is 1.00 e. The van der Waals surface area contributed by atoms with Crippen LogP contribution in [0.3, 0.4) is 0 Å². The zero-order valence-electron chi connectivity index (χ0n) is 13.6. The summed E-state index contributed by atoms with van der Waals surface area (Å²) in [6.45, 7) is 2.23. The second-order valence-corrected chi connectivity index (χ2v) is 7.18. The molecule has 0 spiro atoms. The molecule has 0 bridgehead atoms. The van der Waals surface area contributed by atoms with E-state index in [1.54, 1.807) is 24.3 Å². The molecule has 0 fully saturated rings. The van der Waals surface area contributed by atoms with Crippen LogP contribution in [0.1, 0.15) is 64.7 Å². The smallest absolute Gasteiger partial charge is 0.257 e. The maximum Gasteiger partial charge on any atom is 1.00 e. The Morgan fingerprint density at radius 3 is 1.95 bits per heavy atom. The molecule has 0 heterocycles. The maximum atomic E-state index is 12.0. The SMILES string of the molecule is CCCCCCCCCC[CH-]S(=O)(=O)c1ccccc1.[Li+]. The molecule has 0 saturated heterocycles. The molecule has 0 N–H and O–H groups in total. The van der Waals surface area contributed by atoms with Crippen molar-refractivity contribution in [3.8, 4) is 0 Å². The van der Waals surface area contributed by atoms with Gasteiger partial charge in [-0.25, -0.2) is 5.75 Å². The number of benzene rings is 1. The second-order valence-electron chi connectivity index (χ2n) is 5.29. The maximum absolute atomic E-state index is 12.0. The molecule has 0 atom stereocenters. The third-order valence-electron chi connectivity index (χ3n) is 3.47. The van der Waals surface area contributed by atoms with E-state index in [9.17, 15) is 8.42 Å². The van der Waals surface area contributed by atoms with Crippen molar-refractivity contribution in [3.05, 3.63) is 36.1 Å². The summed E-state index contributed by atoms with van der Waals surface area (Å²) < 4.78 is 24.0. The normalized spacial score (nSPS) is 11.1. The molecule has 21 heavy (non-hydrogen) atoms. The fourth-order valence-corrected chi connectivity index (χ4v) is 3.43. The van der Waals surface area contributed by atoms with Gasteiger partial charge in [-0.05, 0) is 12.1 Å². The van der Waals surface area contributed by atoms with E-state index in [0.29, 0.717) is 11.3 Å². The van der Waals surface area contributed by atoms with Gasteiger partial charge in [0.2, 0.25) is 0 Å². The van der Waals surface area contributed by atoms with E-state index in [0.717, 1.165) is 12.8 Å². The summed E-state index contributed by atoms with van der Waals surface area (Å²) in [6, 6.07) is 8.66. The minimum atomic E-state index is -3.19. The monoisotopic (exact) mass is 302 g/mol. The molecule has 0 amide bonds. The van der Waals surface area contributed by atoms with Gasteiger partial charge in [-0.2, -0.15) is 6.42 Å². The Kier molecular flexibility index (Phi) is 12.2. The van der Waals surface area contributed by atoms with Gasteiger partial charge in [-0.3, -0.25) is 8.42 Å². The predicted molar refractivity (Wildman–Crippen MR) is 85.2 cm³/mol. The van der Waals surface area contributed by atoms with Crippen molar-refractivity contribution in [2.24, 2.45) is 0 Å². The number of sulfone groups is 1. The van der Waals surface area contributed by atoms with Crippen LogP contribution in [-0.4, -0.2) is 8.42 Å². The Hall–Kier alpha value is -0.233. The molecule has 0 aliphatic rings. The number of hydrogen-bond donors (Lipinski definition) is 0. The molecular formula is C17H27LiO2S. The van der Waals surface area contributed by atoms with E-state index in [1.165, 1.54) is 44.3 Å². The molecule has 0 saturated carbocycles. The van der Waals surface area contributed by atoms with Crippen LogP contribution in [0.25, 0.3) is 0 Å². The van der Waals surface area contributed by atoms with E-state index >= 15 is 0 Å². The van der Waals surface area contributed by atoms with E-state index in [1.807, 2.05) is 6.07 Å². The van der Waals surface area contributed by atoms with Gasteiger partial charge in [0, 0.05) is 4.90 Å². The quantitative estimate of drug-likeness (QED) is 0.357. The molecule has 0 aliphatic carbocycles. The molecular weight excluding hydrogens is 275 g/mol. The van der Waals surface area contributed by atoms with Crippen LogP contribution in [-0.2, 0) is 9.84 Å². The van der Waals surface area contributed by atoms with Crippen LogP contribution in [0.15, 0.2) is 35.2 Å². The van der Waals surface area contributed by atoms with E-state index in [4.69, 9.17) is 0 Å². The zero-order valence-corrected chi connectivity index (χ0v) is 14.4. The molecule has 1 aromatic rings. The fraction of sp³-hybridized carbons (Fsp3) is 0.588. The summed E-state index contributed by atoms with van der Waals surface area (Å²) in [5.74, 6) is 1.47. The average Bonchev–Trinajstić information content (AvgIpc) is 2.46. The summed E-state index contributed by atoms with van der Waals surface area (Å²) in [6.07, 6.45) is 10.5. The van der Waals surface area contributed by atoms with Gasteiger partial charge in [0.15, 0.2) is 0 Å². The number of rotatable bonds is 11. The van der Waals surface area contributed by atoms with Crippen LogP contribution in [0.2, 0.25) is 0 Å². The summed E-state index contributed by atoms with van der Waals surface area (Å²) in [5.41, 5.74) is 0. The van der Waals surface area contributed by atoms with Gasteiger partial charge in [0.25, 0.3) is 0 Å². The van der Waals surface area contributed by atoms with Crippen molar-refractivity contribution in [2.75, 3.05) is 0 Å². The first-order valence-electron chi connectivity index (χ1n) is 7.80. The van der Waals surface area contributed by atoms with Crippen LogP contribution >= 0.6 is 0 Å². The van der Waals surface area contributed by atoms with Crippen LogP contribution in [0.5, 0.6) is 0 Å². The zero-order chi connectivity index (χ0) is 14.7. The van der Waals surface area contributed by atoms with Gasteiger partial charge < -0.3 is 0 Å². The van der Waals surface area contributed by atoms with Crippen molar-refractivity contribution in [1.82, 2.24) is 0 Å². The van der Waals surface area contributed by atoms with Crippen LogP contribution in [0, 0.1) is 5.75 Å². The standard InChI is InChI=1S/C17H27O2S.Li/c1-2-3-4-5-6-7-8-9-13-16-20(18,19)17-14-11-10-12-15-17;/h10-12,14-16H,2-9,13H2,1H3;/q-1;+1. The molecule has 4 heteroatoms. The first-order chi connectivity index (χ1) is 9.67. The third kappa shape index (κ3) is 9.40. The van der Waals surface area contributed by atoms with E-state index in [2.05, 4.69) is 6.92 Å². The third-order valence-corrected chi connectivity index (χ3v) is 5.07. The predicted octanol–water partition coefficient (Wildman–Crippen LogP) is 2.16. The molecule has 1 aromatic carbocycles. The van der Waals surface area contributed by atoms with Crippen molar-refractivity contribution >= 4 is 9.84 Å². The molecule has 1 rings (SSSR count).